The van der Waals surface area contributed by atoms with Crippen LogP contribution in [0.5, 0.6) is 0 Å². The first kappa shape index (κ1) is 29.5. The van der Waals surface area contributed by atoms with Crippen LogP contribution in [0, 0.1) is 0 Å². The lowest BCUT2D eigenvalue weighted by Crippen LogP contribution is -2.53. The second kappa shape index (κ2) is 13.8. The number of thiazole rings is 1. The average Bonchev–Trinajstić information content (AvgIpc) is 3.51. The summed E-state index contributed by atoms with van der Waals surface area (Å²) in [5.41, 5.74) is 3.15. The summed E-state index contributed by atoms with van der Waals surface area (Å²) >= 11 is 1.41. The topological polar surface area (TPSA) is 77.6 Å². The number of nitrogens with zero attached hydrogens (tertiary/aromatic N) is 3. The lowest BCUT2D eigenvalue weighted by atomic mass is 9.79. The lowest BCUT2D eigenvalue weighted by molar-refractivity contribution is -0.134. The van der Waals surface area contributed by atoms with Gasteiger partial charge < -0.3 is 15.1 Å². The largest absolute Gasteiger partial charge is 0.337 e. The maximum Gasteiger partial charge on any atom is 0.324 e. The summed E-state index contributed by atoms with van der Waals surface area (Å²) in [5.74, 6) is 0.137. The molecule has 3 aromatic carbocycles. The minimum atomic E-state index is -0.739. The molecule has 2 N–H and O–H groups in total. The average molecular weight is 582 g/mol. The quantitative estimate of drug-likeness (QED) is 0.221. The van der Waals surface area contributed by atoms with Gasteiger partial charge in [0.05, 0.1) is 11.2 Å². The number of urea groups is 1. The molecule has 1 aromatic heterocycles. The molecule has 0 saturated carbocycles. The van der Waals surface area contributed by atoms with Gasteiger partial charge in [-0.05, 0) is 30.9 Å². The maximum atomic E-state index is 14.3. The Morgan fingerprint density at radius 3 is 2.21 bits per heavy atom. The van der Waals surface area contributed by atoms with E-state index in [2.05, 4.69) is 48.7 Å². The van der Waals surface area contributed by atoms with Crippen LogP contribution in [0.4, 0.5) is 9.93 Å². The molecule has 4 aromatic rings. The van der Waals surface area contributed by atoms with Gasteiger partial charge in [-0.15, -0.1) is 11.3 Å². The monoisotopic (exact) mass is 581 g/mol. The Kier molecular flexibility index (Phi) is 9.66. The number of amides is 3. The predicted octanol–water partition coefficient (Wildman–Crippen LogP) is 6.60. The minimum Gasteiger partial charge on any atom is -0.337 e. The van der Waals surface area contributed by atoms with Crippen LogP contribution in [0.15, 0.2) is 96.4 Å². The fraction of sp³-hybridized carbons (Fsp3) is 0.324. The third kappa shape index (κ3) is 6.40. The van der Waals surface area contributed by atoms with Gasteiger partial charge in [0.15, 0.2) is 5.13 Å². The van der Waals surface area contributed by atoms with E-state index in [9.17, 15) is 9.59 Å². The van der Waals surface area contributed by atoms with Crippen molar-refractivity contribution in [3.8, 4) is 11.3 Å². The van der Waals surface area contributed by atoms with Crippen molar-refractivity contribution in [2.24, 2.45) is 0 Å². The molecular weight excluding hydrogens is 542 g/mol. The van der Waals surface area contributed by atoms with E-state index in [1.54, 1.807) is 0 Å². The number of nitrogens with one attached hydrogen (secondary N) is 2. The molecule has 7 nitrogen and oxygen atoms in total. The molecular formula is C34H39N5O2S. The smallest absolute Gasteiger partial charge is 0.324 e. The highest BCUT2D eigenvalue weighted by atomic mass is 32.1. The third-order valence-electron chi connectivity index (χ3n) is 8.10. The Labute approximate surface area is 252 Å². The van der Waals surface area contributed by atoms with Crippen molar-refractivity contribution < 1.29 is 9.59 Å². The number of aromatic nitrogens is 1. The van der Waals surface area contributed by atoms with Crippen LogP contribution in [-0.2, 0) is 10.3 Å². The standard InChI is InChI=1S/C34H39N5O2S/c1-3-34(28-16-9-5-10-17-28,29-18-11-6-12-19-29)39(22-13-20-31(40)38-23-21-35-24-26(38)2)33(41)37-32-36-30(25-42-32)27-14-7-4-8-15-27/h4-12,14-19,25-26,35H,3,13,20-24H2,1-2H3,(H,36,37,41). The number of rotatable bonds is 10. The van der Waals surface area contributed by atoms with E-state index in [4.69, 9.17) is 4.98 Å². The van der Waals surface area contributed by atoms with Crippen LogP contribution in [0.3, 0.4) is 0 Å². The summed E-state index contributed by atoms with van der Waals surface area (Å²) in [6, 6.07) is 30.3. The second-order valence-corrected chi connectivity index (χ2v) is 11.5. The molecule has 1 atom stereocenters. The van der Waals surface area contributed by atoms with Gasteiger partial charge >= 0.3 is 6.03 Å². The Morgan fingerprint density at radius 1 is 1.00 bits per heavy atom. The van der Waals surface area contributed by atoms with Crippen molar-refractivity contribution in [3.05, 3.63) is 108 Å². The number of hydrogen-bond donors (Lipinski definition) is 2. The number of carbonyl (C=O) groups excluding carboxylic acids is 2. The van der Waals surface area contributed by atoms with Crippen molar-refractivity contribution in [3.63, 3.8) is 0 Å². The van der Waals surface area contributed by atoms with Crippen LogP contribution in [0.25, 0.3) is 11.3 Å². The highest BCUT2D eigenvalue weighted by Crippen LogP contribution is 2.40. The molecule has 8 heteroatoms. The second-order valence-electron chi connectivity index (χ2n) is 10.7. The Balaban J connectivity index is 1.46. The van der Waals surface area contributed by atoms with Crippen molar-refractivity contribution >= 4 is 28.4 Å². The molecule has 5 rings (SSSR count). The molecule has 0 bridgehead atoms. The predicted molar refractivity (Wildman–Crippen MR) is 171 cm³/mol. The molecule has 1 unspecified atom stereocenters. The zero-order valence-electron chi connectivity index (χ0n) is 24.3. The summed E-state index contributed by atoms with van der Waals surface area (Å²) in [6.07, 6.45) is 1.59. The van der Waals surface area contributed by atoms with Crippen LogP contribution < -0.4 is 10.6 Å². The molecule has 1 aliphatic heterocycles. The fourth-order valence-corrected chi connectivity index (χ4v) is 6.66. The van der Waals surface area contributed by atoms with Gasteiger partial charge in [0, 0.05) is 49.6 Å². The van der Waals surface area contributed by atoms with Crippen LogP contribution in [-0.4, -0.2) is 58.9 Å². The normalized spacial score (nSPS) is 15.3. The molecule has 1 fully saturated rings. The molecule has 218 valence electrons. The Bertz CT molecular complexity index is 1410. The summed E-state index contributed by atoms with van der Waals surface area (Å²) in [7, 11) is 0. The van der Waals surface area contributed by atoms with Crippen LogP contribution in [0.1, 0.15) is 44.2 Å². The SMILES string of the molecule is CCC(c1ccccc1)(c1ccccc1)N(CCCC(=O)N1CCNCC1C)C(=O)Nc1nc(-c2ccccc2)cs1. The van der Waals surface area contributed by atoms with Gasteiger partial charge in [0.2, 0.25) is 5.91 Å². The minimum absolute atomic E-state index is 0.137. The summed E-state index contributed by atoms with van der Waals surface area (Å²) in [5, 5.41) is 8.96. The summed E-state index contributed by atoms with van der Waals surface area (Å²) < 4.78 is 0. The van der Waals surface area contributed by atoms with E-state index >= 15 is 0 Å². The van der Waals surface area contributed by atoms with E-state index in [0.29, 0.717) is 37.5 Å². The number of benzene rings is 3. The van der Waals surface area contributed by atoms with Crippen molar-refractivity contribution in [2.45, 2.75) is 44.7 Å². The van der Waals surface area contributed by atoms with Gasteiger partial charge in [-0.1, -0.05) is 97.9 Å². The van der Waals surface area contributed by atoms with Crippen molar-refractivity contribution in [1.29, 1.82) is 0 Å². The molecule has 0 aliphatic carbocycles. The lowest BCUT2D eigenvalue weighted by Gasteiger charge is -2.44. The molecule has 1 aliphatic rings. The number of piperazine rings is 1. The van der Waals surface area contributed by atoms with Gasteiger partial charge in [-0.2, -0.15) is 0 Å². The van der Waals surface area contributed by atoms with Crippen LogP contribution in [0.2, 0.25) is 0 Å². The fourth-order valence-electron chi connectivity index (χ4n) is 5.95. The maximum absolute atomic E-state index is 14.3. The molecule has 1 saturated heterocycles. The van der Waals surface area contributed by atoms with E-state index < -0.39 is 5.54 Å². The third-order valence-corrected chi connectivity index (χ3v) is 8.86. The Hall–Kier alpha value is -4.01. The first-order chi connectivity index (χ1) is 20.5. The molecule has 0 radical (unpaired) electrons. The molecule has 0 spiro atoms. The zero-order chi connectivity index (χ0) is 29.4. The first-order valence-electron chi connectivity index (χ1n) is 14.7. The number of anilines is 1. The zero-order valence-corrected chi connectivity index (χ0v) is 25.1. The number of hydrogen-bond acceptors (Lipinski definition) is 5. The van der Waals surface area contributed by atoms with Gasteiger partial charge in [-0.25, -0.2) is 9.78 Å². The Morgan fingerprint density at radius 2 is 1.62 bits per heavy atom. The molecule has 2 heterocycles. The van der Waals surface area contributed by atoms with E-state index in [1.807, 2.05) is 81.9 Å². The first-order valence-corrected chi connectivity index (χ1v) is 15.6. The summed E-state index contributed by atoms with van der Waals surface area (Å²) in [6.45, 7) is 6.93. The molecule has 42 heavy (non-hydrogen) atoms. The van der Waals surface area contributed by atoms with Gasteiger partial charge in [0.1, 0.15) is 0 Å². The van der Waals surface area contributed by atoms with Gasteiger partial charge in [0.25, 0.3) is 0 Å². The summed E-state index contributed by atoms with van der Waals surface area (Å²) in [4.78, 5) is 36.1. The number of carbonyl (C=O) groups is 2. The van der Waals surface area contributed by atoms with E-state index in [0.717, 1.165) is 35.5 Å². The highest BCUT2D eigenvalue weighted by molar-refractivity contribution is 7.14. The van der Waals surface area contributed by atoms with E-state index in [-0.39, 0.29) is 18.0 Å². The van der Waals surface area contributed by atoms with Crippen molar-refractivity contribution in [2.75, 3.05) is 31.5 Å². The highest BCUT2D eigenvalue weighted by Gasteiger charge is 2.41. The van der Waals surface area contributed by atoms with Crippen LogP contribution >= 0.6 is 11.3 Å². The van der Waals surface area contributed by atoms with Gasteiger partial charge in [-0.3, -0.25) is 10.1 Å². The molecule has 3 amide bonds. The van der Waals surface area contributed by atoms with E-state index in [1.165, 1.54) is 11.3 Å². The van der Waals surface area contributed by atoms with Crippen molar-refractivity contribution in [1.82, 2.24) is 20.1 Å².